The molecule has 0 aromatic heterocycles. The lowest BCUT2D eigenvalue weighted by Crippen LogP contribution is -1.92. The van der Waals surface area contributed by atoms with E-state index in [2.05, 4.69) is 41.9 Å². The fourth-order valence-corrected chi connectivity index (χ4v) is 3.10. The Kier molecular flexibility index (Phi) is 6.29. The van der Waals surface area contributed by atoms with Crippen LogP contribution in [-0.2, 0) is 5.75 Å². The van der Waals surface area contributed by atoms with Crippen LogP contribution in [0.4, 0.5) is 0 Å². The van der Waals surface area contributed by atoms with Crippen molar-refractivity contribution in [3.05, 3.63) is 28.2 Å². The van der Waals surface area contributed by atoms with E-state index in [1.165, 1.54) is 22.2 Å². The molecule has 0 aliphatic rings. The molecule has 90 valence electrons. The third-order valence-electron chi connectivity index (χ3n) is 2.35. The first-order chi connectivity index (χ1) is 7.63. The Balaban J connectivity index is 2.46. The van der Waals surface area contributed by atoms with Crippen LogP contribution in [0.2, 0.25) is 0 Å². The van der Waals surface area contributed by atoms with Crippen molar-refractivity contribution in [1.82, 2.24) is 0 Å². The Morgan fingerprint density at radius 1 is 1.38 bits per heavy atom. The van der Waals surface area contributed by atoms with Gasteiger partial charge in [-0.25, -0.2) is 0 Å². The van der Waals surface area contributed by atoms with Crippen molar-refractivity contribution in [2.75, 3.05) is 12.9 Å². The predicted octanol–water partition coefficient (Wildman–Crippen LogP) is 4.74. The van der Waals surface area contributed by atoms with Crippen molar-refractivity contribution in [2.45, 2.75) is 26.0 Å². The van der Waals surface area contributed by atoms with Gasteiger partial charge in [0.2, 0.25) is 0 Å². The van der Waals surface area contributed by atoms with Gasteiger partial charge in [-0.3, -0.25) is 0 Å². The lowest BCUT2D eigenvalue weighted by molar-refractivity contribution is 0.414. The summed E-state index contributed by atoms with van der Waals surface area (Å²) in [6.45, 7) is 4.53. The minimum atomic E-state index is 0.793. The molecule has 1 aromatic rings. The van der Waals surface area contributed by atoms with Crippen molar-refractivity contribution in [3.63, 3.8) is 0 Å². The average Bonchev–Trinajstić information content (AvgIpc) is 2.26. The second-order valence-corrected chi connectivity index (χ2v) is 6.15. The smallest absolute Gasteiger partial charge is 0.119 e. The molecule has 0 aliphatic heterocycles. The Bertz CT molecular complexity index is 326. The van der Waals surface area contributed by atoms with Gasteiger partial charge in [0, 0.05) is 10.2 Å². The molecule has 0 radical (unpaired) electrons. The molecule has 0 aliphatic carbocycles. The molecule has 0 N–H and O–H groups in total. The topological polar surface area (TPSA) is 9.23 Å². The van der Waals surface area contributed by atoms with Crippen LogP contribution < -0.4 is 4.74 Å². The van der Waals surface area contributed by atoms with Gasteiger partial charge in [-0.2, -0.15) is 11.8 Å². The van der Waals surface area contributed by atoms with Crippen LogP contribution in [-0.4, -0.2) is 12.9 Å². The number of halogens is 1. The zero-order valence-corrected chi connectivity index (χ0v) is 12.5. The highest BCUT2D eigenvalue weighted by molar-refractivity contribution is 9.10. The fraction of sp³-hybridized carbons (Fsp3) is 0.538. The Morgan fingerprint density at radius 2 is 2.12 bits per heavy atom. The SMILES string of the molecule is COc1ccc(Br)c(CSCCC(C)C)c1. The molecule has 0 saturated carbocycles. The number of hydrogen-bond donors (Lipinski definition) is 0. The van der Waals surface area contributed by atoms with Gasteiger partial charge in [0.05, 0.1) is 7.11 Å². The van der Waals surface area contributed by atoms with Gasteiger partial charge >= 0.3 is 0 Å². The first-order valence-electron chi connectivity index (χ1n) is 5.53. The number of benzene rings is 1. The molecule has 0 spiro atoms. The van der Waals surface area contributed by atoms with E-state index in [0.29, 0.717) is 0 Å². The van der Waals surface area contributed by atoms with Crippen LogP contribution in [0.5, 0.6) is 5.75 Å². The summed E-state index contributed by atoms with van der Waals surface area (Å²) in [6.07, 6.45) is 1.28. The van der Waals surface area contributed by atoms with Gasteiger partial charge in [-0.05, 0) is 41.9 Å². The van der Waals surface area contributed by atoms with Crippen molar-refractivity contribution >= 4 is 27.7 Å². The predicted molar refractivity (Wildman–Crippen MR) is 76.3 cm³/mol. The standard InChI is InChI=1S/C13H19BrOS/c1-10(2)6-7-16-9-11-8-12(15-3)4-5-13(11)14/h4-5,8,10H,6-7,9H2,1-3H3. The summed E-state index contributed by atoms with van der Waals surface area (Å²) in [5, 5.41) is 0. The summed E-state index contributed by atoms with van der Waals surface area (Å²) >= 11 is 5.55. The molecule has 0 saturated heterocycles. The lowest BCUT2D eigenvalue weighted by atomic mass is 10.2. The van der Waals surface area contributed by atoms with Crippen LogP contribution in [0.15, 0.2) is 22.7 Å². The average molecular weight is 303 g/mol. The first kappa shape index (κ1) is 13.9. The Hall–Kier alpha value is -0.150. The molecule has 0 fully saturated rings. The minimum Gasteiger partial charge on any atom is -0.497 e. The van der Waals surface area contributed by atoms with E-state index in [4.69, 9.17) is 4.74 Å². The van der Waals surface area contributed by atoms with E-state index in [0.717, 1.165) is 17.4 Å². The number of methoxy groups -OCH3 is 1. The van der Waals surface area contributed by atoms with Gasteiger partial charge in [-0.1, -0.05) is 29.8 Å². The second-order valence-electron chi connectivity index (χ2n) is 4.19. The quantitative estimate of drug-likeness (QED) is 0.702. The summed E-state index contributed by atoms with van der Waals surface area (Å²) in [6, 6.07) is 6.13. The van der Waals surface area contributed by atoms with Gasteiger partial charge in [0.15, 0.2) is 0 Å². The Labute approximate surface area is 111 Å². The van der Waals surface area contributed by atoms with Crippen molar-refractivity contribution in [3.8, 4) is 5.75 Å². The highest BCUT2D eigenvalue weighted by Crippen LogP contribution is 2.26. The highest BCUT2D eigenvalue weighted by atomic mass is 79.9. The number of rotatable bonds is 6. The summed E-state index contributed by atoms with van der Waals surface area (Å²) in [5.74, 6) is 4.00. The molecular formula is C13H19BrOS. The van der Waals surface area contributed by atoms with Crippen LogP contribution in [0.3, 0.4) is 0 Å². The van der Waals surface area contributed by atoms with Gasteiger partial charge in [0.1, 0.15) is 5.75 Å². The number of thioether (sulfide) groups is 1. The molecule has 0 unspecified atom stereocenters. The van der Waals surface area contributed by atoms with Gasteiger partial charge in [-0.15, -0.1) is 0 Å². The summed E-state index contributed by atoms with van der Waals surface area (Å²) in [7, 11) is 1.71. The van der Waals surface area contributed by atoms with E-state index in [-0.39, 0.29) is 0 Å². The second kappa shape index (κ2) is 7.23. The van der Waals surface area contributed by atoms with Crippen LogP contribution in [0, 0.1) is 5.92 Å². The van der Waals surface area contributed by atoms with Crippen LogP contribution >= 0.6 is 27.7 Å². The van der Waals surface area contributed by atoms with Crippen molar-refractivity contribution in [2.24, 2.45) is 5.92 Å². The molecule has 3 heteroatoms. The molecule has 1 nitrogen and oxygen atoms in total. The molecular weight excluding hydrogens is 284 g/mol. The molecule has 1 aromatic carbocycles. The molecule has 0 bridgehead atoms. The van der Waals surface area contributed by atoms with E-state index in [9.17, 15) is 0 Å². The van der Waals surface area contributed by atoms with Crippen LogP contribution in [0.25, 0.3) is 0 Å². The minimum absolute atomic E-state index is 0.793. The van der Waals surface area contributed by atoms with E-state index in [1.54, 1.807) is 7.11 Å². The zero-order chi connectivity index (χ0) is 12.0. The third-order valence-corrected chi connectivity index (χ3v) is 4.16. The summed E-state index contributed by atoms with van der Waals surface area (Å²) in [5.41, 5.74) is 1.31. The van der Waals surface area contributed by atoms with E-state index < -0.39 is 0 Å². The molecule has 0 atom stereocenters. The van der Waals surface area contributed by atoms with Gasteiger partial charge < -0.3 is 4.74 Å². The van der Waals surface area contributed by atoms with E-state index in [1.807, 2.05) is 17.8 Å². The monoisotopic (exact) mass is 302 g/mol. The normalized spacial score (nSPS) is 10.8. The first-order valence-corrected chi connectivity index (χ1v) is 7.48. The summed E-state index contributed by atoms with van der Waals surface area (Å²) < 4.78 is 6.40. The molecule has 0 heterocycles. The number of hydrogen-bond acceptors (Lipinski definition) is 2. The Morgan fingerprint density at radius 3 is 2.75 bits per heavy atom. The van der Waals surface area contributed by atoms with Crippen molar-refractivity contribution < 1.29 is 4.74 Å². The van der Waals surface area contributed by atoms with E-state index >= 15 is 0 Å². The van der Waals surface area contributed by atoms with Gasteiger partial charge in [0.25, 0.3) is 0 Å². The zero-order valence-electron chi connectivity index (χ0n) is 10.1. The largest absolute Gasteiger partial charge is 0.497 e. The van der Waals surface area contributed by atoms with Crippen molar-refractivity contribution in [1.29, 1.82) is 0 Å². The van der Waals surface area contributed by atoms with Crippen LogP contribution in [0.1, 0.15) is 25.8 Å². The summed E-state index contributed by atoms with van der Waals surface area (Å²) in [4.78, 5) is 0. The number of ether oxygens (including phenoxy) is 1. The maximum atomic E-state index is 5.22. The molecule has 16 heavy (non-hydrogen) atoms. The molecule has 1 rings (SSSR count). The molecule has 0 amide bonds. The third kappa shape index (κ3) is 4.79. The maximum Gasteiger partial charge on any atom is 0.119 e. The highest BCUT2D eigenvalue weighted by Gasteiger charge is 2.02. The fourth-order valence-electron chi connectivity index (χ4n) is 1.29. The lowest BCUT2D eigenvalue weighted by Gasteiger charge is -2.08. The maximum absolute atomic E-state index is 5.22.